The van der Waals surface area contributed by atoms with Gasteiger partial charge in [0.05, 0.1) is 0 Å². The van der Waals surface area contributed by atoms with Crippen molar-refractivity contribution in [3.05, 3.63) is 0 Å². The number of hydrogen-bond acceptors (Lipinski definition) is 2. The Balaban J connectivity index is -0.0000000575. The molecule has 0 fully saturated rings. The number of aliphatic carboxylic acids is 1. The van der Waals surface area contributed by atoms with Gasteiger partial charge in [0, 0.05) is 5.97 Å². The normalized spacial score (nSPS) is 5.88. The summed E-state index contributed by atoms with van der Waals surface area (Å²) in [6, 6.07) is 0. The van der Waals surface area contributed by atoms with Crippen LogP contribution in [0.15, 0.2) is 0 Å². The van der Waals surface area contributed by atoms with Gasteiger partial charge < -0.3 is 9.90 Å². The van der Waals surface area contributed by atoms with Crippen LogP contribution in [0.25, 0.3) is 0 Å². The Hall–Kier alpha value is 1.57. The molecule has 0 aromatic heterocycles. The van der Waals surface area contributed by atoms with Crippen LogP contribution in [-0.4, -0.2) is 5.97 Å². The van der Waals surface area contributed by atoms with Crippen molar-refractivity contribution >= 4 is 26.2 Å². The smallest absolute Gasteiger partial charge is 1.00 e. The first-order valence-electron chi connectivity index (χ1n) is 1.14. The molecule has 0 N–H and O–H groups in total. The third-order valence-electron chi connectivity index (χ3n) is 0. The van der Waals surface area contributed by atoms with Gasteiger partial charge in [-0.2, -0.15) is 0 Å². The SMILES string of the molecule is CC(=O)[O-].[Cl][Cu][Cl].[Na+]. The second kappa shape index (κ2) is 15.8. The first-order chi connectivity index (χ1) is 3.15. The number of carbonyl (C=O) groups is 1. The standard InChI is InChI=1S/C2H4O2.2ClH.Cu.Na/c1-2(3)4;;;;/h1H3,(H,3,4);2*1H;;/q;;;+2;+1/p-3. The molecule has 0 aromatic carbocycles. The van der Waals surface area contributed by atoms with Crippen molar-refractivity contribution in [2.75, 3.05) is 0 Å². The maximum absolute atomic E-state index is 8.89. The summed E-state index contributed by atoms with van der Waals surface area (Å²) >= 11 is 0.757. The van der Waals surface area contributed by atoms with E-state index in [0.717, 1.165) is 20.1 Å². The largest absolute Gasteiger partial charge is 1.00 e. The number of carboxylic acid groups (broad SMARTS) is 1. The van der Waals surface area contributed by atoms with Crippen LogP contribution >= 0.6 is 20.2 Å². The monoisotopic (exact) mass is 215 g/mol. The third kappa shape index (κ3) is 133. The minimum absolute atomic E-state index is 0. The topological polar surface area (TPSA) is 40.1 Å². The van der Waals surface area contributed by atoms with E-state index in [9.17, 15) is 0 Å². The molecule has 0 saturated carbocycles. The van der Waals surface area contributed by atoms with Crippen molar-refractivity contribution in [1.29, 1.82) is 0 Å². The molecule has 0 radical (unpaired) electrons. The van der Waals surface area contributed by atoms with Crippen LogP contribution in [0.5, 0.6) is 0 Å². The zero-order valence-corrected chi connectivity index (χ0v) is 8.83. The molecule has 0 aliphatic heterocycles. The van der Waals surface area contributed by atoms with E-state index in [4.69, 9.17) is 9.90 Å². The Kier molecular flexibility index (Phi) is 32.2. The minimum Gasteiger partial charge on any atom is 1.00 e. The van der Waals surface area contributed by atoms with Gasteiger partial charge in [0.2, 0.25) is 0 Å². The molecule has 49 valence electrons. The predicted octanol–water partition coefficient (Wildman–Crippen LogP) is -2.86. The van der Waals surface area contributed by atoms with E-state index < -0.39 is 5.97 Å². The molecule has 6 heteroatoms. The summed E-state index contributed by atoms with van der Waals surface area (Å²) in [5, 5.41) is 8.89. The summed E-state index contributed by atoms with van der Waals surface area (Å²) in [7, 11) is 9.34. The molecule has 0 aliphatic rings. The molecular formula is C2H3Cl2CuNaO2. The van der Waals surface area contributed by atoms with Gasteiger partial charge in [0.15, 0.2) is 0 Å². The number of carbonyl (C=O) groups excluding carboxylic acids is 1. The number of carboxylic acids is 1. The van der Waals surface area contributed by atoms with E-state index in [1.54, 1.807) is 0 Å². The van der Waals surface area contributed by atoms with Gasteiger partial charge >= 0.3 is 62.9 Å². The van der Waals surface area contributed by atoms with Crippen LogP contribution in [0.2, 0.25) is 0 Å². The Bertz CT molecular complexity index is 49.3. The minimum atomic E-state index is -1.08. The maximum Gasteiger partial charge on any atom is 1.00 e. The van der Waals surface area contributed by atoms with Gasteiger partial charge in [-0.25, -0.2) is 0 Å². The molecule has 8 heavy (non-hydrogen) atoms. The van der Waals surface area contributed by atoms with E-state index in [-0.39, 0.29) is 29.6 Å². The molecule has 0 rings (SSSR count). The van der Waals surface area contributed by atoms with Crippen LogP contribution < -0.4 is 34.7 Å². The fourth-order valence-electron chi connectivity index (χ4n) is 0. The summed E-state index contributed by atoms with van der Waals surface area (Å²) in [6.07, 6.45) is 0. The van der Waals surface area contributed by atoms with Gasteiger partial charge in [-0.3, -0.25) is 0 Å². The van der Waals surface area contributed by atoms with E-state index >= 15 is 0 Å². The maximum atomic E-state index is 8.89. The molecule has 0 aromatic rings. The second-order valence-electron chi connectivity index (χ2n) is 0.535. The quantitative estimate of drug-likeness (QED) is 0.409. The van der Waals surface area contributed by atoms with Crippen LogP contribution in [0.1, 0.15) is 6.92 Å². The number of hydrogen-bond donors (Lipinski definition) is 0. The van der Waals surface area contributed by atoms with Crippen molar-refractivity contribution in [3.8, 4) is 0 Å². The van der Waals surface area contributed by atoms with E-state index in [1.165, 1.54) is 0 Å². The Morgan fingerprint density at radius 2 is 1.62 bits per heavy atom. The second-order valence-corrected chi connectivity index (χ2v) is 2.09. The Morgan fingerprint density at radius 3 is 1.62 bits per heavy atom. The Morgan fingerprint density at radius 1 is 1.62 bits per heavy atom. The first kappa shape index (κ1) is 16.3. The molecule has 2 nitrogen and oxygen atoms in total. The summed E-state index contributed by atoms with van der Waals surface area (Å²) in [4.78, 5) is 8.89. The van der Waals surface area contributed by atoms with Crippen LogP contribution in [0.4, 0.5) is 0 Å². The van der Waals surface area contributed by atoms with E-state index in [2.05, 4.69) is 20.2 Å². The van der Waals surface area contributed by atoms with Crippen molar-refractivity contribution < 1.29 is 52.6 Å². The predicted molar refractivity (Wildman–Crippen MR) is 22.4 cm³/mol. The molecule has 0 aliphatic carbocycles. The molecule has 0 spiro atoms. The van der Waals surface area contributed by atoms with Crippen LogP contribution in [0.3, 0.4) is 0 Å². The van der Waals surface area contributed by atoms with Gasteiger partial charge in [0.1, 0.15) is 0 Å². The number of rotatable bonds is 0. The molecule has 0 atom stereocenters. The van der Waals surface area contributed by atoms with E-state index in [1.807, 2.05) is 0 Å². The average molecular weight is 216 g/mol. The van der Waals surface area contributed by atoms with Crippen LogP contribution in [0, 0.1) is 0 Å². The van der Waals surface area contributed by atoms with E-state index in [0.29, 0.717) is 0 Å². The first-order valence-corrected chi connectivity index (χ1v) is 3.73. The number of halogens is 2. The fourth-order valence-corrected chi connectivity index (χ4v) is 0. The molecular weight excluding hydrogens is 213 g/mol. The van der Waals surface area contributed by atoms with Crippen molar-refractivity contribution in [2.24, 2.45) is 0 Å². The molecule has 0 saturated heterocycles. The molecule has 0 bridgehead atoms. The third-order valence-corrected chi connectivity index (χ3v) is 0. The zero-order chi connectivity index (χ0) is 6.28. The summed E-state index contributed by atoms with van der Waals surface area (Å²) in [5.74, 6) is -1.08. The van der Waals surface area contributed by atoms with Gasteiger partial charge in [-0.15, -0.1) is 0 Å². The van der Waals surface area contributed by atoms with Crippen molar-refractivity contribution in [1.82, 2.24) is 0 Å². The molecule has 0 unspecified atom stereocenters. The Labute approximate surface area is 84.8 Å². The summed E-state index contributed by atoms with van der Waals surface area (Å²) in [6.45, 7) is 0.972. The average Bonchev–Trinajstić information content (AvgIpc) is 1.33. The van der Waals surface area contributed by atoms with Crippen molar-refractivity contribution in [2.45, 2.75) is 6.92 Å². The summed E-state index contributed by atoms with van der Waals surface area (Å²) < 4.78 is 0. The molecule has 0 heterocycles. The fraction of sp³-hybridized carbons (Fsp3) is 0.500. The van der Waals surface area contributed by atoms with Gasteiger partial charge in [-0.1, -0.05) is 0 Å². The van der Waals surface area contributed by atoms with Gasteiger partial charge in [0.25, 0.3) is 0 Å². The molecule has 0 amide bonds. The van der Waals surface area contributed by atoms with Crippen LogP contribution in [-0.2, 0) is 17.9 Å². The zero-order valence-electron chi connectivity index (χ0n) is 4.37. The summed E-state index contributed by atoms with van der Waals surface area (Å²) in [5.41, 5.74) is 0. The van der Waals surface area contributed by atoms with Gasteiger partial charge in [-0.05, 0) is 6.92 Å². The van der Waals surface area contributed by atoms with Crippen molar-refractivity contribution in [3.63, 3.8) is 0 Å².